The lowest BCUT2D eigenvalue weighted by Gasteiger charge is -2.29. The maximum atomic E-state index is 13.1. The van der Waals surface area contributed by atoms with E-state index in [1.807, 2.05) is 50.2 Å². The molecule has 0 bridgehead atoms. The van der Waals surface area contributed by atoms with Crippen LogP contribution in [-0.2, 0) is 4.79 Å². The summed E-state index contributed by atoms with van der Waals surface area (Å²) >= 11 is 0. The summed E-state index contributed by atoms with van der Waals surface area (Å²) in [4.78, 5) is 13.1. The van der Waals surface area contributed by atoms with Crippen molar-refractivity contribution in [3.8, 4) is 5.75 Å². The van der Waals surface area contributed by atoms with Crippen LogP contribution in [0.25, 0.3) is 0 Å². The van der Waals surface area contributed by atoms with Crippen LogP contribution in [0.15, 0.2) is 48.5 Å². The molecule has 24 heavy (non-hydrogen) atoms. The van der Waals surface area contributed by atoms with Crippen LogP contribution in [0.2, 0.25) is 0 Å². The number of hydrogen-bond acceptors (Lipinski definition) is 2. The Labute approximate surface area is 144 Å². The van der Waals surface area contributed by atoms with Gasteiger partial charge in [-0.3, -0.25) is 4.79 Å². The Hall–Kier alpha value is -2.09. The number of aryl methyl sites for hydroxylation is 2. The molecule has 1 unspecified atom stereocenters. The fraction of sp³-hybridized carbons (Fsp3) is 0.409. The van der Waals surface area contributed by atoms with Gasteiger partial charge in [-0.2, -0.15) is 0 Å². The SMILES string of the molecule is Cc1cccc(C)c1OC(=O)C(c1ccccc1)C1CCCCC1. The molecule has 2 aromatic carbocycles. The standard InChI is InChI=1S/C22H26O2/c1-16-10-9-11-17(2)21(16)24-22(23)20(18-12-5-3-6-13-18)19-14-7-4-8-15-19/h3,5-6,9-13,19-20H,4,7-8,14-15H2,1-2H3. The highest BCUT2D eigenvalue weighted by Gasteiger charge is 2.32. The van der Waals surface area contributed by atoms with Gasteiger partial charge >= 0.3 is 5.97 Å². The van der Waals surface area contributed by atoms with Gasteiger partial charge in [-0.25, -0.2) is 0 Å². The number of carbonyl (C=O) groups is 1. The summed E-state index contributed by atoms with van der Waals surface area (Å²) in [6.07, 6.45) is 5.93. The molecule has 1 fully saturated rings. The fourth-order valence-corrected chi connectivity index (χ4v) is 3.85. The largest absolute Gasteiger partial charge is 0.426 e. The number of benzene rings is 2. The predicted octanol–water partition coefficient (Wildman–Crippen LogP) is 5.57. The zero-order valence-corrected chi connectivity index (χ0v) is 14.6. The summed E-state index contributed by atoms with van der Waals surface area (Å²) in [5, 5.41) is 0. The van der Waals surface area contributed by atoms with E-state index in [2.05, 4.69) is 12.1 Å². The topological polar surface area (TPSA) is 26.3 Å². The van der Waals surface area contributed by atoms with Crippen LogP contribution in [0.3, 0.4) is 0 Å². The molecule has 0 N–H and O–H groups in total. The third-order valence-corrected chi connectivity index (χ3v) is 5.15. The molecular weight excluding hydrogens is 296 g/mol. The molecule has 0 aromatic heterocycles. The lowest BCUT2D eigenvalue weighted by molar-refractivity contribution is -0.137. The van der Waals surface area contributed by atoms with Crippen LogP contribution < -0.4 is 4.74 Å². The van der Waals surface area contributed by atoms with Crippen molar-refractivity contribution in [1.82, 2.24) is 0 Å². The highest BCUT2D eigenvalue weighted by molar-refractivity contribution is 5.81. The van der Waals surface area contributed by atoms with Gasteiger partial charge in [0.25, 0.3) is 0 Å². The quantitative estimate of drug-likeness (QED) is 0.543. The van der Waals surface area contributed by atoms with Crippen LogP contribution in [0.4, 0.5) is 0 Å². The van der Waals surface area contributed by atoms with Crippen molar-refractivity contribution >= 4 is 5.97 Å². The monoisotopic (exact) mass is 322 g/mol. The molecule has 0 saturated heterocycles. The molecule has 1 aliphatic carbocycles. The molecular formula is C22H26O2. The summed E-state index contributed by atoms with van der Waals surface area (Å²) in [5.74, 6) is 0.841. The number of carbonyl (C=O) groups excluding carboxylic acids is 1. The van der Waals surface area contributed by atoms with Crippen molar-refractivity contribution in [2.45, 2.75) is 51.9 Å². The van der Waals surface area contributed by atoms with E-state index >= 15 is 0 Å². The molecule has 1 aliphatic rings. The summed E-state index contributed by atoms with van der Waals surface area (Å²) in [5.41, 5.74) is 3.11. The Balaban J connectivity index is 1.88. The van der Waals surface area contributed by atoms with Crippen LogP contribution in [-0.4, -0.2) is 5.97 Å². The van der Waals surface area contributed by atoms with E-state index in [9.17, 15) is 4.79 Å². The molecule has 0 spiro atoms. The van der Waals surface area contributed by atoms with Gasteiger partial charge in [0.05, 0.1) is 5.92 Å². The normalized spacial score (nSPS) is 16.6. The van der Waals surface area contributed by atoms with E-state index in [0.717, 1.165) is 35.3 Å². The molecule has 2 aromatic rings. The van der Waals surface area contributed by atoms with Gasteiger partial charge in [0.1, 0.15) is 5.75 Å². The summed E-state index contributed by atoms with van der Waals surface area (Å²) < 4.78 is 5.91. The Kier molecular flexibility index (Phi) is 5.34. The van der Waals surface area contributed by atoms with Gasteiger partial charge in [0.2, 0.25) is 0 Å². The molecule has 0 radical (unpaired) electrons. The second kappa shape index (κ2) is 7.65. The van der Waals surface area contributed by atoms with Gasteiger partial charge < -0.3 is 4.74 Å². The van der Waals surface area contributed by atoms with Gasteiger partial charge in [-0.15, -0.1) is 0 Å². The van der Waals surface area contributed by atoms with Gasteiger partial charge in [-0.1, -0.05) is 67.8 Å². The lowest BCUT2D eigenvalue weighted by Crippen LogP contribution is -2.28. The van der Waals surface area contributed by atoms with E-state index in [4.69, 9.17) is 4.74 Å². The number of ether oxygens (including phenoxy) is 1. The number of esters is 1. The van der Waals surface area contributed by atoms with Gasteiger partial charge in [-0.05, 0) is 49.3 Å². The Bertz CT molecular complexity index is 664. The molecule has 0 amide bonds. The maximum Gasteiger partial charge on any atom is 0.319 e. The molecule has 1 atom stereocenters. The van der Waals surface area contributed by atoms with Crippen molar-refractivity contribution in [2.75, 3.05) is 0 Å². The van der Waals surface area contributed by atoms with Crippen molar-refractivity contribution < 1.29 is 9.53 Å². The molecule has 0 heterocycles. The summed E-state index contributed by atoms with van der Waals surface area (Å²) in [7, 11) is 0. The third kappa shape index (κ3) is 3.69. The van der Waals surface area contributed by atoms with E-state index in [-0.39, 0.29) is 11.9 Å². The molecule has 1 saturated carbocycles. The van der Waals surface area contributed by atoms with Crippen LogP contribution in [0.5, 0.6) is 5.75 Å². The number of para-hydroxylation sites is 1. The molecule has 2 heteroatoms. The summed E-state index contributed by atoms with van der Waals surface area (Å²) in [6, 6.07) is 16.1. The second-order valence-corrected chi connectivity index (χ2v) is 6.93. The smallest absolute Gasteiger partial charge is 0.319 e. The van der Waals surface area contributed by atoms with Crippen molar-refractivity contribution in [2.24, 2.45) is 5.92 Å². The van der Waals surface area contributed by atoms with Crippen LogP contribution in [0.1, 0.15) is 54.7 Å². The molecule has 2 nitrogen and oxygen atoms in total. The highest BCUT2D eigenvalue weighted by atomic mass is 16.5. The van der Waals surface area contributed by atoms with Gasteiger partial charge in [0.15, 0.2) is 0 Å². The number of hydrogen-bond donors (Lipinski definition) is 0. The second-order valence-electron chi connectivity index (χ2n) is 6.93. The van der Waals surface area contributed by atoms with Crippen LogP contribution >= 0.6 is 0 Å². The minimum atomic E-state index is -0.162. The van der Waals surface area contributed by atoms with E-state index < -0.39 is 0 Å². The molecule has 126 valence electrons. The maximum absolute atomic E-state index is 13.1. The van der Waals surface area contributed by atoms with E-state index in [0.29, 0.717) is 5.92 Å². The average molecular weight is 322 g/mol. The van der Waals surface area contributed by atoms with Gasteiger partial charge in [0, 0.05) is 0 Å². The number of rotatable bonds is 4. The molecule has 0 aliphatic heterocycles. The van der Waals surface area contributed by atoms with Crippen molar-refractivity contribution in [3.63, 3.8) is 0 Å². The fourth-order valence-electron chi connectivity index (χ4n) is 3.85. The third-order valence-electron chi connectivity index (χ3n) is 5.15. The minimum Gasteiger partial charge on any atom is -0.426 e. The first kappa shape index (κ1) is 16.8. The zero-order chi connectivity index (χ0) is 16.9. The van der Waals surface area contributed by atoms with Crippen molar-refractivity contribution in [1.29, 1.82) is 0 Å². The zero-order valence-electron chi connectivity index (χ0n) is 14.6. The lowest BCUT2D eigenvalue weighted by atomic mass is 9.77. The first-order valence-electron chi connectivity index (χ1n) is 8.99. The van der Waals surface area contributed by atoms with Crippen LogP contribution in [0, 0.1) is 19.8 Å². The Morgan fingerprint density at radius 1 is 0.917 bits per heavy atom. The average Bonchev–Trinajstić information content (AvgIpc) is 2.60. The van der Waals surface area contributed by atoms with Crippen molar-refractivity contribution in [3.05, 3.63) is 65.2 Å². The summed E-state index contributed by atoms with van der Waals surface area (Å²) in [6.45, 7) is 3.99. The Morgan fingerprint density at radius 3 is 2.17 bits per heavy atom. The minimum absolute atomic E-state index is 0.106. The first-order valence-corrected chi connectivity index (χ1v) is 8.99. The van der Waals surface area contributed by atoms with E-state index in [1.54, 1.807) is 0 Å². The Morgan fingerprint density at radius 2 is 1.54 bits per heavy atom. The highest BCUT2D eigenvalue weighted by Crippen LogP contribution is 2.37. The molecule has 3 rings (SSSR count). The van der Waals surface area contributed by atoms with E-state index in [1.165, 1.54) is 19.3 Å². The predicted molar refractivity (Wildman–Crippen MR) is 97.3 cm³/mol. The first-order chi connectivity index (χ1) is 11.7.